The van der Waals surface area contributed by atoms with Gasteiger partial charge in [-0.3, -0.25) is 9.69 Å². The molecular weight excluding hydrogens is 422 g/mol. The van der Waals surface area contributed by atoms with Gasteiger partial charge in [0.15, 0.2) is 11.0 Å². The number of urea groups is 1. The van der Waals surface area contributed by atoms with Crippen molar-refractivity contribution in [3.8, 4) is 11.4 Å². The number of thioether (sulfide) groups is 1. The second-order valence-electron chi connectivity index (χ2n) is 7.30. The molecule has 0 spiro atoms. The van der Waals surface area contributed by atoms with Gasteiger partial charge in [0.05, 0.1) is 5.75 Å². The number of imide groups is 1. The van der Waals surface area contributed by atoms with Crippen LogP contribution in [0.4, 0.5) is 4.79 Å². The quantitative estimate of drug-likeness (QED) is 0.400. The summed E-state index contributed by atoms with van der Waals surface area (Å²) in [7, 11) is 0. The molecule has 0 aliphatic carbocycles. The van der Waals surface area contributed by atoms with Crippen molar-refractivity contribution in [1.82, 2.24) is 25.0 Å². The minimum Gasteiger partial charge on any atom is -0.336 e. The molecule has 3 amide bonds. The van der Waals surface area contributed by atoms with Gasteiger partial charge in [-0.05, 0) is 30.7 Å². The lowest BCUT2D eigenvalue weighted by Gasteiger charge is -2.13. The molecule has 0 unspecified atom stereocenters. The van der Waals surface area contributed by atoms with Gasteiger partial charge in [-0.25, -0.2) is 4.79 Å². The van der Waals surface area contributed by atoms with Crippen LogP contribution in [0.2, 0.25) is 5.02 Å². The Morgan fingerprint density at radius 1 is 1.13 bits per heavy atom. The van der Waals surface area contributed by atoms with Crippen LogP contribution in [-0.4, -0.2) is 50.4 Å². The lowest BCUT2D eigenvalue weighted by Crippen LogP contribution is -2.35. The molecule has 0 bridgehead atoms. The number of unbranched alkanes of at least 4 members (excludes halogenated alkanes) is 5. The van der Waals surface area contributed by atoms with E-state index in [0.717, 1.165) is 30.8 Å². The molecule has 2 heterocycles. The van der Waals surface area contributed by atoms with Crippen LogP contribution < -0.4 is 5.32 Å². The zero-order valence-electron chi connectivity index (χ0n) is 17.3. The topological polar surface area (TPSA) is 80.1 Å². The summed E-state index contributed by atoms with van der Waals surface area (Å²) in [6.45, 7) is 3.92. The van der Waals surface area contributed by atoms with Crippen molar-refractivity contribution in [1.29, 1.82) is 0 Å². The van der Waals surface area contributed by atoms with Crippen LogP contribution in [0.5, 0.6) is 0 Å². The first kappa shape index (κ1) is 22.6. The van der Waals surface area contributed by atoms with Crippen molar-refractivity contribution < 1.29 is 9.59 Å². The summed E-state index contributed by atoms with van der Waals surface area (Å²) in [6, 6.07) is 7.21. The van der Waals surface area contributed by atoms with Gasteiger partial charge in [-0.1, -0.05) is 62.4 Å². The summed E-state index contributed by atoms with van der Waals surface area (Å²) in [6.07, 6.45) is 7.16. The molecule has 1 saturated heterocycles. The third-order valence-corrected chi connectivity index (χ3v) is 6.24. The molecule has 3 rings (SSSR count). The molecule has 1 aromatic heterocycles. The van der Waals surface area contributed by atoms with Gasteiger partial charge >= 0.3 is 6.03 Å². The van der Waals surface area contributed by atoms with Crippen molar-refractivity contribution in [3.63, 3.8) is 0 Å². The van der Waals surface area contributed by atoms with Gasteiger partial charge in [0.1, 0.15) is 0 Å². The number of nitrogens with one attached hydrogen (secondary N) is 1. The molecule has 0 radical (unpaired) electrons. The molecule has 0 saturated carbocycles. The minimum absolute atomic E-state index is 0.155. The molecule has 162 valence electrons. The van der Waals surface area contributed by atoms with Crippen molar-refractivity contribution in [2.24, 2.45) is 0 Å². The fourth-order valence-electron chi connectivity index (χ4n) is 3.37. The second kappa shape index (κ2) is 11.4. The number of aromatic nitrogens is 3. The Morgan fingerprint density at radius 3 is 2.57 bits per heavy atom. The summed E-state index contributed by atoms with van der Waals surface area (Å²) in [5, 5.41) is 12.7. The van der Waals surface area contributed by atoms with Gasteiger partial charge in [0, 0.05) is 30.2 Å². The highest BCUT2D eigenvalue weighted by Gasteiger charge is 2.26. The maximum Gasteiger partial charge on any atom is 0.324 e. The minimum atomic E-state index is -0.323. The van der Waals surface area contributed by atoms with Gasteiger partial charge in [-0.2, -0.15) is 0 Å². The molecule has 1 aliphatic rings. The molecule has 0 atom stereocenters. The zero-order valence-corrected chi connectivity index (χ0v) is 18.8. The van der Waals surface area contributed by atoms with Gasteiger partial charge in [0.25, 0.3) is 0 Å². The monoisotopic (exact) mass is 449 g/mol. The van der Waals surface area contributed by atoms with Crippen LogP contribution in [0.1, 0.15) is 45.4 Å². The third kappa shape index (κ3) is 5.98. The van der Waals surface area contributed by atoms with E-state index in [1.54, 1.807) is 0 Å². The van der Waals surface area contributed by atoms with E-state index in [1.807, 2.05) is 24.3 Å². The summed E-state index contributed by atoms with van der Waals surface area (Å²) in [5.74, 6) is 0.717. The highest BCUT2D eigenvalue weighted by Crippen LogP contribution is 2.26. The third-order valence-electron chi connectivity index (χ3n) is 5.04. The van der Waals surface area contributed by atoms with E-state index in [9.17, 15) is 9.59 Å². The number of carbonyl (C=O) groups excluding carboxylic acids is 2. The number of hydrogen-bond donors (Lipinski definition) is 1. The molecule has 30 heavy (non-hydrogen) atoms. The average molecular weight is 450 g/mol. The Balaban J connectivity index is 1.68. The maximum absolute atomic E-state index is 12.4. The molecule has 9 heteroatoms. The van der Waals surface area contributed by atoms with Crippen molar-refractivity contribution in [3.05, 3.63) is 29.3 Å². The van der Waals surface area contributed by atoms with E-state index < -0.39 is 0 Å². The second-order valence-corrected chi connectivity index (χ2v) is 8.68. The van der Waals surface area contributed by atoms with Crippen LogP contribution in [-0.2, 0) is 11.3 Å². The number of rotatable bonds is 11. The Hall–Kier alpha value is -2.06. The molecule has 1 N–H and O–H groups in total. The summed E-state index contributed by atoms with van der Waals surface area (Å²) < 4.78 is 2.07. The predicted octanol–water partition coefficient (Wildman–Crippen LogP) is 4.60. The van der Waals surface area contributed by atoms with Crippen LogP contribution in [0, 0.1) is 0 Å². The maximum atomic E-state index is 12.4. The van der Waals surface area contributed by atoms with Gasteiger partial charge in [0.2, 0.25) is 5.91 Å². The molecule has 1 aromatic carbocycles. The first-order valence-electron chi connectivity index (χ1n) is 10.5. The zero-order chi connectivity index (χ0) is 21.3. The highest BCUT2D eigenvalue weighted by atomic mass is 35.5. The molecular formula is C21H28ClN5O2S. The first-order chi connectivity index (χ1) is 14.6. The van der Waals surface area contributed by atoms with E-state index >= 15 is 0 Å². The van der Waals surface area contributed by atoms with Gasteiger partial charge in [-0.15, -0.1) is 10.2 Å². The Morgan fingerprint density at radius 2 is 1.87 bits per heavy atom. The smallest absolute Gasteiger partial charge is 0.324 e. The molecule has 1 fully saturated rings. The van der Waals surface area contributed by atoms with Gasteiger partial charge < -0.3 is 9.88 Å². The van der Waals surface area contributed by atoms with Crippen LogP contribution in [0.25, 0.3) is 11.4 Å². The van der Waals surface area contributed by atoms with E-state index in [-0.39, 0.29) is 17.7 Å². The van der Waals surface area contributed by atoms with Crippen LogP contribution in [0.15, 0.2) is 29.4 Å². The normalized spacial score (nSPS) is 13.7. The highest BCUT2D eigenvalue weighted by molar-refractivity contribution is 7.99. The van der Waals surface area contributed by atoms with Crippen LogP contribution in [0.3, 0.4) is 0 Å². The number of nitrogens with zero attached hydrogens (tertiary/aromatic N) is 4. The van der Waals surface area contributed by atoms with E-state index in [2.05, 4.69) is 27.0 Å². The molecule has 1 aliphatic heterocycles. The van der Waals surface area contributed by atoms with Crippen LogP contribution >= 0.6 is 23.4 Å². The Bertz CT molecular complexity index is 856. The van der Waals surface area contributed by atoms with E-state index in [4.69, 9.17) is 11.6 Å². The number of amides is 3. The van der Waals surface area contributed by atoms with Crippen molar-refractivity contribution in [2.75, 3.05) is 18.8 Å². The SMILES string of the molecule is CCCCCCCCn1c(SCC(=O)N2CCNC2=O)nnc1-c1ccc(Cl)cc1. The summed E-state index contributed by atoms with van der Waals surface area (Å²) >= 11 is 7.35. The predicted molar refractivity (Wildman–Crippen MR) is 120 cm³/mol. The lowest BCUT2D eigenvalue weighted by atomic mass is 10.1. The number of carbonyl (C=O) groups is 2. The number of halogens is 1. The Kier molecular flexibility index (Phi) is 8.57. The van der Waals surface area contributed by atoms with E-state index in [0.29, 0.717) is 23.3 Å². The first-order valence-corrected chi connectivity index (χ1v) is 11.9. The lowest BCUT2D eigenvalue weighted by molar-refractivity contribution is -0.124. The fourth-order valence-corrected chi connectivity index (χ4v) is 4.34. The average Bonchev–Trinajstić information content (AvgIpc) is 3.35. The Labute approximate surface area is 186 Å². The van der Waals surface area contributed by atoms with E-state index in [1.165, 1.54) is 42.3 Å². The molecule has 2 aromatic rings. The van der Waals surface area contributed by atoms with Crippen molar-refractivity contribution >= 4 is 35.3 Å². The standard InChI is InChI=1S/C21H28ClN5O2S/c1-2-3-4-5-6-7-13-27-19(16-8-10-17(22)11-9-16)24-25-21(27)30-15-18(28)26-14-12-23-20(26)29/h8-11H,2-7,12-15H2,1H3,(H,23,29). The number of hydrogen-bond acceptors (Lipinski definition) is 5. The largest absolute Gasteiger partial charge is 0.336 e. The summed E-state index contributed by atoms with van der Waals surface area (Å²) in [5.41, 5.74) is 0.940. The summed E-state index contributed by atoms with van der Waals surface area (Å²) in [4.78, 5) is 25.3. The van der Waals surface area contributed by atoms with Crippen molar-refractivity contribution in [2.45, 2.75) is 57.1 Å². The number of benzene rings is 1. The fraction of sp³-hybridized carbons (Fsp3) is 0.524. The molecule has 7 nitrogen and oxygen atoms in total.